The molecule has 1 aliphatic rings. The third-order valence-electron chi connectivity index (χ3n) is 1.81. The van der Waals surface area contributed by atoms with Crippen LogP contribution in [0.15, 0.2) is 0 Å². The summed E-state index contributed by atoms with van der Waals surface area (Å²) in [6, 6.07) is -0.469. The molecular weight excluding hydrogens is 237 g/mol. The first kappa shape index (κ1) is 10.6. The van der Waals surface area contributed by atoms with Crippen molar-refractivity contribution in [2.45, 2.75) is 29.0 Å². The molecule has 0 aromatic carbocycles. The summed E-state index contributed by atoms with van der Waals surface area (Å²) < 4.78 is 0. The van der Waals surface area contributed by atoms with E-state index in [1.807, 2.05) is 0 Å². The van der Waals surface area contributed by atoms with E-state index in [1.54, 1.807) is 0 Å². The Bertz CT molecular complexity index is 242. The Morgan fingerprint density at radius 3 is 2.77 bits per heavy atom. The molecule has 13 heavy (non-hydrogen) atoms. The average Bonchev–Trinajstić information content (AvgIpc) is 2.41. The molecule has 1 unspecified atom stereocenters. The van der Waals surface area contributed by atoms with Crippen LogP contribution in [0.5, 0.6) is 0 Å². The monoisotopic (exact) mass is 249 g/mol. The third-order valence-corrected chi connectivity index (χ3v) is 4.77. The molecule has 0 aromatic heterocycles. The number of Topliss-reactive ketones (excluding diaryl/α,β-unsaturated/α-hetero) is 2. The second kappa shape index (κ2) is 4.65. The predicted octanol–water partition coefficient (Wildman–Crippen LogP) is -0.644. The standard InChI is InChI=1S/C8H11NO3Se/c9-5(3-10)4-13-8-2-6(11)1-7(8)12/h3,5,8H,1-2,4,9H2/t5-,8?/m1/s1. The first-order valence-corrected chi connectivity index (χ1v) is 6.20. The Morgan fingerprint density at radius 2 is 2.31 bits per heavy atom. The zero-order valence-electron chi connectivity index (χ0n) is 7.06. The van der Waals surface area contributed by atoms with Gasteiger partial charge in [-0.05, 0) is 0 Å². The Kier molecular flexibility index (Phi) is 3.78. The summed E-state index contributed by atoms with van der Waals surface area (Å²) in [5, 5.41) is 0.556. The van der Waals surface area contributed by atoms with Crippen molar-refractivity contribution >= 4 is 32.8 Å². The zero-order valence-corrected chi connectivity index (χ0v) is 8.78. The van der Waals surface area contributed by atoms with Gasteiger partial charge in [-0.1, -0.05) is 0 Å². The predicted molar refractivity (Wildman–Crippen MR) is 47.6 cm³/mol. The number of rotatable bonds is 4. The maximum absolute atomic E-state index is 11.2. The fraction of sp³-hybridized carbons (Fsp3) is 0.625. The van der Waals surface area contributed by atoms with E-state index in [4.69, 9.17) is 5.73 Å². The van der Waals surface area contributed by atoms with Gasteiger partial charge in [0.05, 0.1) is 0 Å². The first-order valence-electron chi connectivity index (χ1n) is 4.00. The van der Waals surface area contributed by atoms with E-state index in [0.29, 0.717) is 18.0 Å². The number of ketones is 2. The summed E-state index contributed by atoms with van der Waals surface area (Å²) in [4.78, 5) is 32.1. The average molecular weight is 248 g/mol. The van der Waals surface area contributed by atoms with Crippen LogP contribution in [0.25, 0.3) is 0 Å². The molecule has 0 spiro atoms. The summed E-state index contributed by atoms with van der Waals surface area (Å²) in [5.74, 6) is 0.0552. The van der Waals surface area contributed by atoms with Gasteiger partial charge in [-0.2, -0.15) is 0 Å². The topological polar surface area (TPSA) is 77.2 Å². The van der Waals surface area contributed by atoms with Gasteiger partial charge >= 0.3 is 81.9 Å². The van der Waals surface area contributed by atoms with Crippen LogP contribution in [0.3, 0.4) is 0 Å². The molecule has 0 bridgehead atoms. The van der Waals surface area contributed by atoms with Crippen LogP contribution in [-0.4, -0.2) is 38.9 Å². The van der Waals surface area contributed by atoms with Crippen molar-refractivity contribution in [3.8, 4) is 0 Å². The van der Waals surface area contributed by atoms with Crippen LogP contribution >= 0.6 is 0 Å². The fourth-order valence-electron chi connectivity index (χ4n) is 1.12. The van der Waals surface area contributed by atoms with Gasteiger partial charge in [-0.15, -0.1) is 0 Å². The summed E-state index contributed by atoms with van der Waals surface area (Å²) in [7, 11) is 0. The number of hydrogen-bond acceptors (Lipinski definition) is 4. The Morgan fingerprint density at radius 1 is 1.62 bits per heavy atom. The van der Waals surface area contributed by atoms with Gasteiger partial charge in [-0.25, -0.2) is 0 Å². The van der Waals surface area contributed by atoms with E-state index in [2.05, 4.69) is 0 Å². The van der Waals surface area contributed by atoms with Gasteiger partial charge in [-0.3, -0.25) is 0 Å². The number of carbonyl (C=O) groups is 3. The van der Waals surface area contributed by atoms with Gasteiger partial charge in [0.15, 0.2) is 0 Å². The van der Waals surface area contributed by atoms with Crippen molar-refractivity contribution in [1.29, 1.82) is 0 Å². The van der Waals surface area contributed by atoms with E-state index < -0.39 is 6.04 Å². The zero-order chi connectivity index (χ0) is 9.84. The molecule has 0 heterocycles. The van der Waals surface area contributed by atoms with Gasteiger partial charge in [0.25, 0.3) is 0 Å². The molecule has 2 N–H and O–H groups in total. The molecule has 1 aliphatic carbocycles. The van der Waals surface area contributed by atoms with Gasteiger partial charge < -0.3 is 0 Å². The molecule has 2 atom stereocenters. The molecule has 4 nitrogen and oxygen atoms in total. The third kappa shape index (κ3) is 3.03. The second-order valence-corrected chi connectivity index (χ2v) is 5.60. The summed E-state index contributed by atoms with van der Waals surface area (Å²) in [6.07, 6.45) is 1.14. The van der Waals surface area contributed by atoms with Crippen molar-refractivity contribution in [2.75, 3.05) is 0 Å². The van der Waals surface area contributed by atoms with E-state index in [1.165, 1.54) is 0 Å². The van der Waals surface area contributed by atoms with Crippen molar-refractivity contribution in [1.82, 2.24) is 0 Å². The molecule has 0 saturated heterocycles. The van der Waals surface area contributed by atoms with Gasteiger partial charge in [0.2, 0.25) is 0 Å². The number of nitrogens with two attached hydrogens (primary N) is 1. The minimum absolute atomic E-state index is 0.00354. The molecule has 0 amide bonds. The normalized spacial score (nSPS) is 24.8. The summed E-state index contributed by atoms with van der Waals surface area (Å²) in [6.45, 7) is 0. The van der Waals surface area contributed by atoms with Crippen molar-refractivity contribution in [3.05, 3.63) is 0 Å². The SMILES string of the molecule is N[C@H](C=O)C[Se]C1CC(=O)CC1=O. The van der Waals surface area contributed by atoms with Gasteiger partial charge in [0, 0.05) is 0 Å². The molecule has 0 radical (unpaired) electrons. The number of hydrogen-bond donors (Lipinski definition) is 1. The first-order chi connectivity index (χ1) is 6.13. The number of carbonyl (C=O) groups excluding carboxylic acids is 3. The van der Waals surface area contributed by atoms with Crippen LogP contribution in [0, 0.1) is 0 Å². The van der Waals surface area contributed by atoms with E-state index in [0.717, 1.165) is 0 Å². The molecule has 1 rings (SSSR count). The summed E-state index contributed by atoms with van der Waals surface area (Å²) in [5.41, 5.74) is 5.38. The molecule has 5 heteroatoms. The number of aldehydes is 1. The minimum atomic E-state index is -0.469. The Hall–Kier alpha value is -0.511. The van der Waals surface area contributed by atoms with Crippen LogP contribution in [0.1, 0.15) is 12.8 Å². The molecule has 0 aromatic rings. The molecule has 72 valence electrons. The van der Waals surface area contributed by atoms with Gasteiger partial charge in [0.1, 0.15) is 0 Å². The van der Waals surface area contributed by atoms with Crippen molar-refractivity contribution in [2.24, 2.45) is 5.73 Å². The van der Waals surface area contributed by atoms with E-state index in [9.17, 15) is 14.4 Å². The van der Waals surface area contributed by atoms with Crippen LogP contribution < -0.4 is 5.73 Å². The molecule has 1 fully saturated rings. The van der Waals surface area contributed by atoms with Crippen molar-refractivity contribution < 1.29 is 14.4 Å². The van der Waals surface area contributed by atoms with E-state index in [-0.39, 0.29) is 37.8 Å². The fourth-order valence-corrected chi connectivity index (χ4v) is 3.44. The molecule has 1 saturated carbocycles. The Labute approximate surface area is 82.4 Å². The molecular formula is C8H11NO3Se. The maximum atomic E-state index is 11.2. The van der Waals surface area contributed by atoms with Crippen molar-refractivity contribution in [3.63, 3.8) is 0 Å². The van der Waals surface area contributed by atoms with Crippen LogP contribution in [0.4, 0.5) is 0 Å². The van der Waals surface area contributed by atoms with Crippen LogP contribution in [0.2, 0.25) is 10.1 Å². The molecule has 0 aliphatic heterocycles. The van der Waals surface area contributed by atoms with Crippen LogP contribution in [-0.2, 0) is 14.4 Å². The van der Waals surface area contributed by atoms with E-state index >= 15 is 0 Å². The Balaban J connectivity index is 2.33. The summed E-state index contributed by atoms with van der Waals surface area (Å²) >= 11 is 0.00354. The quantitative estimate of drug-likeness (QED) is 0.407. The second-order valence-electron chi connectivity index (χ2n) is 3.01.